The van der Waals surface area contributed by atoms with Crippen LogP contribution in [0.1, 0.15) is 58.8 Å². The summed E-state index contributed by atoms with van der Waals surface area (Å²) in [7, 11) is 0. The van der Waals surface area contributed by atoms with Gasteiger partial charge in [-0.3, -0.25) is 4.79 Å². The van der Waals surface area contributed by atoms with Crippen molar-refractivity contribution < 1.29 is 9.53 Å². The molecule has 0 aliphatic carbocycles. The van der Waals surface area contributed by atoms with Gasteiger partial charge in [0.05, 0.1) is 0 Å². The first kappa shape index (κ1) is 11.5. The van der Waals surface area contributed by atoms with Crippen molar-refractivity contribution in [3.63, 3.8) is 0 Å². The summed E-state index contributed by atoms with van der Waals surface area (Å²) in [5.74, 6) is 0.568. The maximum atomic E-state index is 11.1. The number of rotatable bonds is 5. The summed E-state index contributed by atoms with van der Waals surface area (Å²) in [5, 5.41) is 0. The van der Waals surface area contributed by atoms with E-state index >= 15 is 0 Å². The molecule has 1 heterocycles. The quantitative estimate of drug-likeness (QED) is 0.500. The van der Waals surface area contributed by atoms with E-state index in [1.165, 1.54) is 25.7 Å². The smallest absolute Gasteiger partial charge is 0.306 e. The first-order valence-electron chi connectivity index (χ1n) is 5.93. The fourth-order valence-corrected chi connectivity index (χ4v) is 1.99. The molecule has 1 fully saturated rings. The van der Waals surface area contributed by atoms with Crippen LogP contribution in [0.4, 0.5) is 0 Å². The van der Waals surface area contributed by atoms with E-state index in [-0.39, 0.29) is 12.1 Å². The number of ether oxygens (including phenoxy) is 1. The minimum atomic E-state index is 0.00333. The Bertz CT molecular complexity index is 177. The molecule has 0 saturated carbocycles. The molecule has 14 heavy (non-hydrogen) atoms. The van der Waals surface area contributed by atoms with Crippen LogP contribution in [0, 0.1) is 5.92 Å². The molecule has 0 bridgehead atoms. The lowest BCUT2D eigenvalue weighted by molar-refractivity contribution is -0.158. The molecule has 1 aliphatic heterocycles. The van der Waals surface area contributed by atoms with Crippen LogP contribution in [-0.4, -0.2) is 12.1 Å². The van der Waals surface area contributed by atoms with Gasteiger partial charge in [0.25, 0.3) is 0 Å². The van der Waals surface area contributed by atoms with Crippen molar-refractivity contribution in [2.45, 2.75) is 64.9 Å². The molecule has 2 heteroatoms. The predicted molar refractivity (Wildman–Crippen MR) is 57.0 cm³/mol. The van der Waals surface area contributed by atoms with E-state index < -0.39 is 0 Å². The molecule has 1 saturated heterocycles. The predicted octanol–water partition coefficient (Wildman–Crippen LogP) is 3.30. The minimum Gasteiger partial charge on any atom is -0.462 e. The second-order valence-electron chi connectivity index (χ2n) is 4.39. The Kier molecular flexibility index (Phi) is 4.99. The largest absolute Gasteiger partial charge is 0.462 e. The van der Waals surface area contributed by atoms with Gasteiger partial charge >= 0.3 is 5.97 Å². The minimum absolute atomic E-state index is 0.00333. The Morgan fingerprint density at radius 3 is 2.86 bits per heavy atom. The van der Waals surface area contributed by atoms with E-state index in [2.05, 4.69) is 13.8 Å². The van der Waals surface area contributed by atoms with E-state index in [1.807, 2.05) is 0 Å². The second-order valence-corrected chi connectivity index (χ2v) is 4.39. The fraction of sp³-hybridized carbons (Fsp3) is 0.917. The van der Waals surface area contributed by atoms with Gasteiger partial charge < -0.3 is 4.74 Å². The second kappa shape index (κ2) is 6.05. The normalized spacial score (nSPS) is 27.4. The Morgan fingerprint density at radius 2 is 2.14 bits per heavy atom. The third kappa shape index (κ3) is 3.69. The van der Waals surface area contributed by atoms with Crippen LogP contribution in [0.2, 0.25) is 0 Å². The van der Waals surface area contributed by atoms with E-state index in [0.717, 1.165) is 12.8 Å². The molecule has 0 amide bonds. The highest BCUT2D eigenvalue weighted by molar-refractivity contribution is 5.70. The van der Waals surface area contributed by atoms with Crippen LogP contribution in [0.25, 0.3) is 0 Å². The molecule has 0 aromatic rings. The van der Waals surface area contributed by atoms with E-state index in [1.54, 1.807) is 0 Å². The lowest BCUT2D eigenvalue weighted by Gasteiger charge is -2.28. The molecule has 2 nitrogen and oxygen atoms in total. The fourth-order valence-electron chi connectivity index (χ4n) is 1.99. The molecule has 2 atom stereocenters. The maximum absolute atomic E-state index is 11.1. The van der Waals surface area contributed by atoms with E-state index in [4.69, 9.17) is 4.74 Å². The van der Waals surface area contributed by atoms with Crippen LogP contribution in [0.15, 0.2) is 0 Å². The van der Waals surface area contributed by atoms with Gasteiger partial charge in [-0.2, -0.15) is 0 Å². The lowest BCUT2D eigenvalue weighted by Crippen LogP contribution is -2.30. The summed E-state index contributed by atoms with van der Waals surface area (Å²) >= 11 is 0. The highest BCUT2D eigenvalue weighted by Gasteiger charge is 2.26. The highest BCUT2D eigenvalue weighted by atomic mass is 16.5. The van der Waals surface area contributed by atoms with Gasteiger partial charge in [0.15, 0.2) is 0 Å². The number of carbonyl (C=O) groups excluding carboxylic acids is 1. The van der Waals surface area contributed by atoms with Gasteiger partial charge in [-0.25, -0.2) is 0 Å². The summed E-state index contributed by atoms with van der Waals surface area (Å²) in [4.78, 5) is 11.1. The lowest BCUT2D eigenvalue weighted by atomic mass is 9.92. The summed E-state index contributed by atoms with van der Waals surface area (Å²) in [6, 6.07) is 0. The Balaban J connectivity index is 2.17. The molecule has 0 radical (unpaired) electrons. The first-order valence-corrected chi connectivity index (χ1v) is 5.93. The third-order valence-electron chi connectivity index (χ3n) is 3.06. The number of hydrogen-bond donors (Lipinski definition) is 0. The zero-order valence-electron chi connectivity index (χ0n) is 9.42. The van der Waals surface area contributed by atoms with Gasteiger partial charge in [-0.05, 0) is 25.2 Å². The van der Waals surface area contributed by atoms with Crippen molar-refractivity contribution in [3.8, 4) is 0 Å². The number of esters is 1. The zero-order valence-corrected chi connectivity index (χ0v) is 9.42. The summed E-state index contributed by atoms with van der Waals surface area (Å²) in [6.07, 6.45) is 7.94. The van der Waals surface area contributed by atoms with Gasteiger partial charge in [0, 0.05) is 6.42 Å². The SMILES string of the molecule is CCCCCCC1OC(=O)CCC1C. The average molecular weight is 198 g/mol. The van der Waals surface area contributed by atoms with Crippen molar-refractivity contribution in [2.24, 2.45) is 5.92 Å². The molecule has 1 rings (SSSR count). The van der Waals surface area contributed by atoms with E-state index in [0.29, 0.717) is 12.3 Å². The average Bonchev–Trinajstić information content (AvgIpc) is 2.18. The molecule has 0 N–H and O–H groups in total. The number of hydrogen-bond acceptors (Lipinski definition) is 2. The first-order chi connectivity index (χ1) is 6.74. The summed E-state index contributed by atoms with van der Waals surface area (Å²) in [6.45, 7) is 4.40. The Hall–Kier alpha value is -0.530. The van der Waals surface area contributed by atoms with Gasteiger partial charge in [0.1, 0.15) is 6.10 Å². The number of unbranched alkanes of at least 4 members (excludes halogenated alkanes) is 3. The van der Waals surface area contributed by atoms with Crippen molar-refractivity contribution in [3.05, 3.63) is 0 Å². The van der Waals surface area contributed by atoms with Crippen LogP contribution in [0.5, 0.6) is 0 Å². The van der Waals surface area contributed by atoms with Crippen molar-refractivity contribution in [1.82, 2.24) is 0 Å². The van der Waals surface area contributed by atoms with Crippen molar-refractivity contribution >= 4 is 5.97 Å². The van der Waals surface area contributed by atoms with Crippen LogP contribution in [-0.2, 0) is 9.53 Å². The highest BCUT2D eigenvalue weighted by Crippen LogP contribution is 2.25. The molecule has 82 valence electrons. The Morgan fingerprint density at radius 1 is 1.36 bits per heavy atom. The standard InChI is InChI=1S/C12H22O2/c1-3-4-5-6-7-11-10(2)8-9-12(13)14-11/h10-11H,3-9H2,1-2H3. The molecular weight excluding hydrogens is 176 g/mol. The molecule has 0 aromatic heterocycles. The number of carbonyl (C=O) groups is 1. The van der Waals surface area contributed by atoms with E-state index in [9.17, 15) is 4.79 Å². The summed E-state index contributed by atoms with van der Waals surface area (Å²) in [5.41, 5.74) is 0. The third-order valence-corrected chi connectivity index (χ3v) is 3.06. The van der Waals surface area contributed by atoms with Gasteiger partial charge in [-0.1, -0.05) is 33.1 Å². The Labute approximate surface area is 87.0 Å². The van der Waals surface area contributed by atoms with Gasteiger partial charge in [-0.15, -0.1) is 0 Å². The van der Waals surface area contributed by atoms with Crippen molar-refractivity contribution in [1.29, 1.82) is 0 Å². The van der Waals surface area contributed by atoms with Crippen molar-refractivity contribution in [2.75, 3.05) is 0 Å². The molecule has 1 aliphatic rings. The zero-order chi connectivity index (χ0) is 10.4. The van der Waals surface area contributed by atoms with Gasteiger partial charge in [0.2, 0.25) is 0 Å². The monoisotopic (exact) mass is 198 g/mol. The molecule has 2 unspecified atom stereocenters. The molecule has 0 spiro atoms. The maximum Gasteiger partial charge on any atom is 0.306 e. The summed E-state index contributed by atoms with van der Waals surface area (Å²) < 4.78 is 5.34. The van der Waals surface area contributed by atoms with Crippen LogP contribution >= 0.6 is 0 Å². The topological polar surface area (TPSA) is 26.3 Å². The number of cyclic esters (lactones) is 1. The van der Waals surface area contributed by atoms with Crippen LogP contribution in [0.3, 0.4) is 0 Å². The molecule has 0 aromatic carbocycles. The van der Waals surface area contributed by atoms with Crippen LogP contribution < -0.4 is 0 Å². The molecular formula is C12H22O2.